The van der Waals surface area contributed by atoms with Crippen molar-refractivity contribution < 1.29 is 18.6 Å². The van der Waals surface area contributed by atoms with Crippen molar-refractivity contribution in [3.05, 3.63) is 0 Å². The average molecular weight is 278 g/mol. The summed E-state index contributed by atoms with van der Waals surface area (Å²) in [6, 6.07) is 0. The molecule has 5 heteroatoms. The van der Waals surface area contributed by atoms with Crippen LogP contribution in [-0.4, -0.2) is 55.1 Å². The van der Waals surface area contributed by atoms with E-state index in [0.29, 0.717) is 39.6 Å². The van der Waals surface area contributed by atoms with E-state index in [4.69, 9.17) is 18.6 Å². The zero-order chi connectivity index (χ0) is 14.1. The van der Waals surface area contributed by atoms with Gasteiger partial charge in [0.15, 0.2) is 8.32 Å². The third-order valence-electron chi connectivity index (χ3n) is 3.30. The summed E-state index contributed by atoms with van der Waals surface area (Å²) in [6.07, 6.45) is 0. The molecule has 0 amide bonds. The topological polar surface area (TPSA) is 36.9 Å². The minimum absolute atomic E-state index is 0.260. The molecule has 0 aromatic carbocycles. The van der Waals surface area contributed by atoms with E-state index in [2.05, 4.69) is 33.9 Å². The van der Waals surface area contributed by atoms with Gasteiger partial charge < -0.3 is 18.6 Å². The van der Waals surface area contributed by atoms with Gasteiger partial charge in [0.25, 0.3) is 0 Å². The van der Waals surface area contributed by atoms with Crippen molar-refractivity contribution in [3.63, 3.8) is 0 Å². The Morgan fingerprint density at radius 3 is 1.67 bits per heavy atom. The summed E-state index contributed by atoms with van der Waals surface area (Å²) in [7, 11) is 0.0460. The van der Waals surface area contributed by atoms with E-state index in [9.17, 15) is 0 Å². The smallest absolute Gasteiger partial charge is 0.192 e. The molecule has 0 spiro atoms. The summed E-state index contributed by atoms with van der Waals surface area (Å²) in [5.74, 6) is 0. The lowest BCUT2D eigenvalue weighted by Crippen LogP contribution is -2.41. The number of hydrogen-bond donors (Lipinski definition) is 0. The monoisotopic (exact) mass is 278 g/mol. The molecule has 0 aromatic heterocycles. The zero-order valence-corrected chi connectivity index (χ0v) is 13.9. The molecule has 0 fully saturated rings. The van der Waals surface area contributed by atoms with Gasteiger partial charge in [0.2, 0.25) is 0 Å². The molecule has 0 rings (SSSR count). The van der Waals surface area contributed by atoms with Gasteiger partial charge in [-0.1, -0.05) is 20.8 Å². The lowest BCUT2D eigenvalue weighted by molar-refractivity contribution is 0.0169. The lowest BCUT2D eigenvalue weighted by atomic mass is 10.2. The predicted molar refractivity (Wildman–Crippen MR) is 76.7 cm³/mol. The number of hydrogen-bond acceptors (Lipinski definition) is 4. The largest absolute Gasteiger partial charge is 0.414 e. The van der Waals surface area contributed by atoms with E-state index < -0.39 is 8.32 Å². The van der Waals surface area contributed by atoms with Crippen LogP contribution in [0.3, 0.4) is 0 Å². The minimum Gasteiger partial charge on any atom is -0.414 e. The van der Waals surface area contributed by atoms with Crippen molar-refractivity contribution in [2.75, 3.05) is 46.8 Å². The van der Waals surface area contributed by atoms with Gasteiger partial charge in [-0.3, -0.25) is 0 Å². The van der Waals surface area contributed by atoms with E-state index in [1.165, 1.54) is 0 Å². The Hall–Kier alpha value is 0.0569. The maximum atomic E-state index is 5.99. The minimum atomic E-state index is -1.62. The summed E-state index contributed by atoms with van der Waals surface area (Å²) < 4.78 is 21.6. The van der Waals surface area contributed by atoms with Crippen LogP contribution < -0.4 is 0 Å². The number of rotatable bonds is 10. The van der Waals surface area contributed by atoms with Gasteiger partial charge in [-0.05, 0) is 18.1 Å². The molecule has 4 nitrogen and oxygen atoms in total. The Morgan fingerprint density at radius 1 is 0.778 bits per heavy atom. The van der Waals surface area contributed by atoms with Crippen LogP contribution in [0, 0.1) is 0 Å². The summed E-state index contributed by atoms with van der Waals surface area (Å²) in [4.78, 5) is 0. The molecule has 18 heavy (non-hydrogen) atoms. The maximum Gasteiger partial charge on any atom is 0.192 e. The molecule has 0 atom stereocenters. The van der Waals surface area contributed by atoms with Gasteiger partial charge in [0, 0.05) is 7.11 Å². The lowest BCUT2D eigenvalue weighted by Gasteiger charge is -2.36. The van der Waals surface area contributed by atoms with Crippen molar-refractivity contribution in [3.8, 4) is 0 Å². The highest BCUT2D eigenvalue weighted by molar-refractivity contribution is 6.74. The molecular formula is C13H30O4Si. The van der Waals surface area contributed by atoms with Gasteiger partial charge in [0.1, 0.15) is 0 Å². The second-order valence-corrected chi connectivity index (χ2v) is 10.6. The normalized spacial score (nSPS) is 13.0. The Balaban J connectivity index is 3.41. The summed E-state index contributed by atoms with van der Waals surface area (Å²) in [5, 5.41) is 0.260. The molecule has 0 saturated carbocycles. The van der Waals surface area contributed by atoms with Crippen molar-refractivity contribution in [1.82, 2.24) is 0 Å². The molecule has 0 aliphatic heterocycles. The molecule has 0 unspecified atom stereocenters. The zero-order valence-electron chi connectivity index (χ0n) is 12.9. The number of methoxy groups -OCH3 is 1. The van der Waals surface area contributed by atoms with Crippen molar-refractivity contribution in [2.45, 2.75) is 38.9 Å². The highest BCUT2D eigenvalue weighted by Crippen LogP contribution is 2.36. The molecular weight excluding hydrogens is 248 g/mol. The molecule has 0 bridgehead atoms. The molecule has 0 aliphatic rings. The Morgan fingerprint density at radius 2 is 1.22 bits per heavy atom. The van der Waals surface area contributed by atoms with Crippen LogP contribution in [0.1, 0.15) is 20.8 Å². The second kappa shape index (κ2) is 9.04. The van der Waals surface area contributed by atoms with Gasteiger partial charge in [0.05, 0.1) is 39.6 Å². The van der Waals surface area contributed by atoms with Crippen molar-refractivity contribution >= 4 is 8.32 Å². The summed E-state index contributed by atoms with van der Waals surface area (Å²) >= 11 is 0. The van der Waals surface area contributed by atoms with Gasteiger partial charge >= 0.3 is 0 Å². The highest BCUT2D eigenvalue weighted by atomic mass is 28.4. The Kier molecular flexibility index (Phi) is 9.07. The van der Waals surface area contributed by atoms with Gasteiger partial charge in [-0.2, -0.15) is 0 Å². The predicted octanol–water partition coefficient (Wildman–Crippen LogP) is 2.69. The third kappa shape index (κ3) is 8.21. The first kappa shape index (κ1) is 18.1. The molecule has 0 N–H and O–H groups in total. The average Bonchev–Trinajstić information content (AvgIpc) is 2.25. The molecule has 0 aliphatic carbocycles. The van der Waals surface area contributed by atoms with E-state index >= 15 is 0 Å². The highest BCUT2D eigenvalue weighted by Gasteiger charge is 2.36. The van der Waals surface area contributed by atoms with Crippen LogP contribution in [0.4, 0.5) is 0 Å². The van der Waals surface area contributed by atoms with E-state index in [0.717, 1.165) is 0 Å². The van der Waals surface area contributed by atoms with Crippen molar-refractivity contribution in [2.24, 2.45) is 0 Å². The molecule has 0 radical (unpaired) electrons. The Bertz CT molecular complexity index is 202. The van der Waals surface area contributed by atoms with E-state index in [1.54, 1.807) is 7.11 Å². The first-order valence-corrected chi connectivity index (χ1v) is 9.50. The second-order valence-electron chi connectivity index (χ2n) is 5.83. The third-order valence-corrected chi connectivity index (χ3v) is 7.84. The van der Waals surface area contributed by atoms with Crippen LogP contribution >= 0.6 is 0 Å². The van der Waals surface area contributed by atoms with Crippen LogP contribution in [0.2, 0.25) is 18.1 Å². The quantitative estimate of drug-likeness (QED) is 0.455. The van der Waals surface area contributed by atoms with Gasteiger partial charge in [-0.15, -0.1) is 0 Å². The first-order chi connectivity index (χ1) is 8.31. The van der Waals surface area contributed by atoms with Crippen molar-refractivity contribution in [1.29, 1.82) is 0 Å². The van der Waals surface area contributed by atoms with Crippen LogP contribution in [0.15, 0.2) is 0 Å². The van der Waals surface area contributed by atoms with Gasteiger partial charge in [-0.25, -0.2) is 0 Å². The molecule has 0 aromatic rings. The number of ether oxygens (including phenoxy) is 3. The fraction of sp³-hybridized carbons (Fsp3) is 1.00. The van der Waals surface area contributed by atoms with Crippen LogP contribution in [-0.2, 0) is 18.6 Å². The van der Waals surface area contributed by atoms with E-state index in [1.807, 2.05) is 0 Å². The molecule has 110 valence electrons. The van der Waals surface area contributed by atoms with Crippen LogP contribution in [0.25, 0.3) is 0 Å². The SMILES string of the molecule is COCCOCCOCCO[Si](C)(C)C(C)(C)C. The van der Waals surface area contributed by atoms with Crippen LogP contribution in [0.5, 0.6) is 0 Å². The summed E-state index contributed by atoms with van der Waals surface area (Å²) in [5.41, 5.74) is 0. The standard InChI is InChI=1S/C13H30O4Si/c1-13(2,3)18(5,6)17-12-11-16-10-9-15-8-7-14-4/h7-12H2,1-6H3. The molecule has 0 heterocycles. The Labute approximate surface area is 113 Å². The maximum absolute atomic E-state index is 5.99. The summed E-state index contributed by atoms with van der Waals surface area (Å²) in [6.45, 7) is 15.0. The fourth-order valence-electron chi connectivity index (χ4n) is 1.04. The molecule has 0 saturated heterocycles. The first-order valence-electron chi connectivity index (χ1n) is 6.59. The fourth-order valence-corrected chi connectivity index (χ4v) is 2.06. The van der Waals surface area contributed by atoms with E-state index in [-0.39, 0.29) is 5.04 Å².